The summed E-state index contributed by atoms with van der Waals surface area (Å²) >= 11 is 2.78. The summed E-state index contributed by atoms with van der Waals surface area (Å²) in [6.45, 7) is 2.10. The Kier molecular flexibility index (Phi) is 6.03. The van der Waals surface area contributed by atoms with Crippen LogP contribution in [-0.2, 0) is 4.74 Å². The monoisotopic (exact) mass is 388 g/mol. The first-order valence-corrected chi connectivity index (χ1v) is 9.37. The van der Waals surface area contributed by atoms with Gasteiger partial charge in [0.05, 0.1) is 25.0 Å². The second-order valence-electron chi connectivity index (χ2n) is 4.91. The lowest BCUT2D eigenvalue weighted by Crippen LogP contribution is -2.04. The lowest BCUT2D eigenvalue weighted by Gasteiger charge is -2.07. The van der Waals surface area contributed by atoms with Crippen molar-refractivity contribution in [2.24, 2.45) is 0 Å². The van der Waals surface area contributed by atoms with Crippen LogP contribution in [0.5, 0.6) is 5.75 Å². The van der Waals surface area contributed by atoms with E-state index in [2.05, 4.69) is 20.5 Å². The molecule has 0 saturated carbocycles. The minimum atomic E-state index is -0.379. The van der Waals surface area contributed by atoms with Crippen molar-refractivity contribution in [2.45, 2.75) is 16.3 Å². The van der Waals surface area contributed by atoms with Crippen molar-refractivity contribution < 1.29 is 14.3 Å². The molecule has 2 aromatic heterocycles. The van der Waals surface area contributed by atoms with Crippen LogP contribution < -0.4 is 10.1 Å². The smallest absolute Gasteiger partial charge is 0.339 e. The molecule has 3 rings (SSSR count). The van der Waals surface area contributed by atoms with E-state index >= 15 is 0 Å². The average Bonchev–Trinajstić information content (AvgIpc) is 3.10. The molecular formula is C17H16N4O3S2. The fourth-order valence-electron chi connectivity index (χ4n) is 2.03. The van der Waals surface area contributed by atoms with Crippen molar-refractivity contribution in [1.29, 1.82) is 0 Å². The zero-order valence-corrected chi connectivity index (χ0v) is 15.8. The van der Waals surface area contributed by atoms with Crippen LogP contribution in [-0.4, -0.2) is 34.9 Å². The van der Waals surface area contributed by atoms with Gasteiger partial charge in [-0.25, -0.2) is 9.78 Å². The number of nitrogens with one attached hydrogen (secondary N) is 1. The van der Waals surface area contributed by atoms with Crippen molar-refractivity contribution >= 4 is 39.9 Å². The third-order valence-corrected chi connectivity index (χ3v) is 5.03. The number of pyridine rings is 1. The van der Waals surface area contributed by atoms with Crippen LogP contribution in [0.3, 0.4) is 0 Å². The first kappa shape index (κ1) is 18.2. The zero-order valence-electron chi connectivity index (χ0n) is 14.1. The van der Waals surface area contributed by atoms with Crippen LogP contribution in [0.25, 0.3) is 0 Å². The van der Waals surface area contributed by atoms with E-state index in [0.29, 0.717) is 17.3 Å². The summed E-state index contributed by atoms with van der Waals surface area (Å²) in [5.41, 5.74) is 1.24. The molecule has 0 atom stereocenters. The van der Waals surface area contributed by atoms with E-state index in [1.165, 1.54) is 29.3 Å². The summed E-state index contributed by atoms with van der Waals surface area (Å²) in [4.78, 5) is 15.9. The first-order valence-electron chi connectivity index (χ1n) is 7.74. The van der Waals surface area contributed by atoms with Crippen LogP contribution in [0.1, 0.15) is 17.3 Å². The van der Waals surface area contributed by atoms with E-state index in [9.17, 15) is 4.79 Å². The van der Waals surface area contributed by atoms with E-state index in [0.717, 1.165) is 20.8 Å². The van der Waals surface area contributed by atoms with Gasteiger partial charge in [-0.05, 0) is 43.0 Å². The van der Waals surface area contributed by atoms with Crippen molar-refractivity contribution in [1.82, 2.24) is 15.2 Å². The number of ether oxygens (including phenoxy) is 2. The molecule has 3 aromatic rings. The molecule has 0 unspecified atom stereocenters. The molecule has 1 aromatic carbocycles. The van der Waals surface area contributed by atoms with E-state index in [1.807, 2.05) is 24.3 Å². The highest BCUT2D eigenvalue weighted by atomic mass is 32.2. The maximum Gasteiger partial charge on any atom is 0.339 e. The number of aromatic nitrogens is 3. The van der Waals surface area contributed by atoms with Crippen LogP contribution >= 0.6 is 23.1 Å². The molecule has 7 nitrogen and oxygen atoms in total. The SMILES string of the molecule is CCOC(=O)c1ccc(Sc2nnc(Nc3ccccc3OC)s2)nc1. The van der Waals surface area contributed by atoms with Crippen LogP contribution in [0.2, 0.25) is 0 Å². The van der Waals surface area contributed by atoms with Gasteiger partial charge >= 0.3 is 5.97 Å². The molecule has 0 saturated heterocycles. The molecule has 0 bridgehead atoms. The Hall–Kier alpha value is -2.65. The molecule has 0 amide bonds. The van der Waals surface area contributed by atoms with E-state index in [4.69, 9.17) is 9.47 Å². The molecule has 2 heterocycles. The number of hydrogen-bond donors (Lipinski definition) is 1. The van der Waals surface area contributed by atoms with Gasteiger partial charge in [0.25, 0.3) is 0 Å². The summed E-state index contributed by atoms with van der Waals surface area (Å²) in [7, 11) is 1.62. The fraction of sp³-hybridized carbons (Fsp3) is 0.176. The fourth-order valence-corrected chi connectivity index (χ4v) is 3.68. The van der Waals surface area contributed by atoms with Gasteiger partial charge in [-0.3, -0.25) is 0 Å². The van der Waals surface area contributed by atoms with E-state index < -0.39 is 0 Å². The van der Waals surface area contributed by atoms with Gasteiger partial charge in [0, 0.05) is 6.20 Å². The lowest BCUT2D eigenvalue weighted by atomic mass is 10.3. The number of carbonyl (C=O) groups is 1. The summed E-state index contributed by atoms with van der Waals surface area (Å²) in [5.74, 6) is 0.351. The molecule has 0 aliphatic carbocycles. The predicted molar refractivity (Wildman–Crippen MR) is 101 cm³/mol. The molecule has 0 fully saturated rings. The average molecular weight is 388 g/mol. The van der Waals surface area contributed by atoms with E-state index in [-0.39, 0.29) is 5.97 Å². The van der Waals surface area contributed by atoms with Crippen LogP contribution in [0.4, 0.5) is 10.8 Å². The Morgan fingerprint density at radius 1 is 1.23 bits per heavy atom. The topological polar surface area (TPSA) is 86.2 Å². The minimum Gasteiger partial charge on any atom is -0.495 e. The van der Waals surface area contributed by atoms with Gasteiger partial charge in [-0.1, -0.05) is 23.5 Å². The van der Waals surface area contributed by atoms with Crippen molar-refractivity contribution in [3.05, 3.63) is 48.2 Å². The Morgan fingerprint density at radius 3 is 2.81 bits per heavy atom. The summed E-state index contributed by atoms with van der Waals surface area (Å²) in [5, 5.41) is 12.8. The highest BCUT2D eigenvalue weighted by molar-refractivity contribution is 8.01. The molecule has 0 aliphatic rings. The molecular weight excluding hydrogens is 372 g/mol. The number of methoxy groups -OCH3 is 1. The highest BCUT2D eigenvalue weighted by Gasteiger charge is 2.11. The molecule has 0 spiro atoms. The van der Waals surface area contributed by atoms with Crippen LogP contribution in [0.15, 0.2) is 52.0 Å². The third kappa shape index (κ3) is 4.50. The maximum atomic E-state index is 11.6. The normalized spacial score (nSPS) is 10.4. The molecule has 134 valence electrons. The standard InChI is InChI=1S/C17H16N4O3S2/c1-3-24-15(22)11-8-9-14(18-10-11)25-17-21-20-16(26-17)19-12-6-4-5-7-13(12)23-2/h4-10H,3H2,1-2H3,(H,19,20). The zero-order chi connectivity index (χ0) is 18.4. The minimum absolute atomic E-state index is 0.335. The number of esters is 1. The Bertz CT molecular complexity index is 884. The number of para-hydroxylation sites is 2. The van der Waals surface area contributed by atoms with Gasteiger partial charge in [0.1, 0.15) is 10.8 Å². The first-order chi connectivity index (χ1) is 12.7. The second kappa shape index (κ2) is 8.63. The lowest BCUT2D eigenvalue weighted by molar-refractivity contribution is 0.0525. The van der Waals surface area contributed by atoms with Gasteiger partial charge in [0.2, 0.25) is 5.13 Å². The maximum absolute atomic E-state index is 11.6. The van der Waals surface area contributed by atoms with Crippen molar-refractivity contribution in [3.63, 3.8) is 0 Å². The Morgan fingerprint density at radius 2 is 2.08 bits per heavy atom. The highest BCUT2D eigenvalue weighted by Crippen LogP contribution is 2.33. The summed E-state index contributed by atoms with van der Waals surface area (Å²) in [6, 6.07) is 11.0. The molecule has 26 heavy (non-hydrogen) atoms. The Balaban J connectivity index is 1.66. The van der Waals surface area contributed by atoms with Crippen molar-refractivity contribution in [2.75, 3.05) is 19.0 Å². The van der Waals surface area contributed by atoms with Gasteiger partial charge in [-0.2, -0.15) is 0 Å². The second-order valence-corrected chi connectivity index (χ2v) is 7.15. The van der Waals surface area contributed by atoms with E-state index in [1.54, 1.807) is 26.2 Å². The summed E-state index contributed by atoms with van der Waals surface area (Å²) in [6.07, 6.45) is 1.50. The Labute approximate surface area is 158 Å². The number of benzene rings is 1. The number of carbonyl (C=O) groups excluding carboxylic acids is 1. The number of nitrogens with zero attached hydrogens (tertiary/aromatic N) is 3. The predicted octanol–water partition coefficient (Wildman–Crippen LogP) is 4.01. The van der Waals surface area contributed by atoms with Gasteiger partial charge < -0.3 is 14.8 Å². The van der Waals surface area contributed by atoms with Crippen LogP contribution in [0, 0.1) is 0 Å². The number of hydrogen-bond acceptors (Lipinski definition) is 9. The molecule has 0 radical (unpaired) electrons. The van der Waals surface area contributed by atoms with Gasteiger partial charge in [0.15, 0.2) is 4.34 Å². The van der Waals surface area contributed by atoms with Gasteiger partial charge in [-0.15, -0.1) is 10.2 Å². The number of rotatable bonds is 7. The quantitative estimate of drug-likeness (QED) is 0.608. The number of anilines is 2. The molecule has 9 heteroatoms. The largest absolute Gasteiger partial charge is 0.495 e. The third-order valence-electron chi connectivity index (χ3n) is 3.19. The molecule has 1 N–H and O–H groups in total. The summed E-state index contributed by atoms with van der Waals surface area (Å²) < 4.78 is 11.0. The van der Waals surface area contributed by atoms with Crippen molar-refractivity contribution in [3.8, 4) is 5.75 Å². The molecule has 0 aliphatic heterocycles.